The van der Waals surface area contributed by atoms with Crippen molar-refractivity contribution in [3.05, 3.63) is 101 Å². The van der Waals surface area contributed by atoms with E-state index >= 15 is 0 Å². The second kappa shape index (κ2) is 11.1. The molecule has 3 aromatic rings. The van der Waals surface area contributed by atoms with E-state index < -0.39 is 23.3 Å². The zero-order valence-electron chi connectivity index (χ0n) is 22.7. The van der Waals surface area contributed by atoms with E-state index in [0.717, 1.165) is 23.1 Å². The van der Waals surface area contributed by atoms with Gasteiger partial charge >= 0.3 is 0 Å². The van der Waals surface area contributed by atoms with Crippen LogP contribution >= 0.6 is 0 Å². The third kappa shape index (κ3) is 5.91. The van der Waals surface area contributed by atoms with Crippen LogP contribution < -0.4 is 9.47 Å². The van der Waals surface area contributed by atoms with Gasteiger partial charge in [-0.1, -0.05) is 55.0 Å². The van der Waals surface area contributed by atoms with Gasteiger partial charge in [0.1, 0.15) is 22.9 Å². The maximum atomic E-state index is 13.5. The maximum Gasteiger partial charge on any atom is 0.295 e. The third-order valence-electron chi connectivity index (χ3n) is 6.23. The highest BCUT2D eigenvalue weighted by Gasteiger charge is 2.46. The second-order valence-electron chi connectivity index (χ2n) is 10.5. The highest BCUT2D eigenvalue weighted by molar-refractivity contribution is 6.46. The summed E-state index contributed by atoms with van der Waals surface area (Å²) in [6.45, 7) is 10.6. The van der Waals surface area contributed by atoms with Gasteiger partial charge in [-0.2, -0.15) is 0 Å². The fourth-order valence-electron chi connectivity index (χ4n) is 4.56. The fourth-order valence-corrected chi connectivity index (χ4v) is 4.56. The minimum absolute atomic E-state index is 0.0667. The fraction of sp³-hybridized carbons (Fsp3) is 0.312. The highest BCUT2D eigenvalue weighted by atomic mass is 16.5. The highest BCUT2D eigenvalue weighted by Crippen LogP contribution is 2.41. The molecule has 0 aliphatic carbocycles. The number of likely N-dealkylation sites (tertiary alicyclic amines) is 1. The topological polar surface area (TPSA) is 76.1 Å². The molecule has 38 heavy (non-hydrogen) atoms. The van der Waals surface area contributed by atoms with Crippen molar-refractivity contribution in [3.63, 3.8) is 0 Å². The predicted octanol–water partition coefficient (Wildman–Crippen LogP) is 6.58. The van der Waals surface area contributed by atoms with Crippen LogP contribution in [0.3, 0.4) is 0 Å². The molecule has 0 bridgehead atoms. The van der Waals surface area contributed by atoms with Gasteiger partial charge in [0, 0.05) is 11.1 Å². The molecule has 0 radical (unpaired) electrons. The summed E-state index contributed by atoms with van der Waals surface area (Å²) in [5, 5.41) is 11.4. The smallest absolute Gasteiger partial charge is 0.295 e. The molecule has 0 saturated carbocycles. The van der Waals surface area contributed by atoms with Gasteiger partial charge in [0.05, 0.1) is 24.8 Å². The summed E-state index contributed by atoms with van der Waals surface area (Å²) in [5.74, 6) is -0.262. The standard InChI is InChI=1S/C32H35NO5/c1-6-18-37-25-16-14-22(15-17-25)29(34)27-28(23-12-9-10-21(2)19-23)33(31(36)30(27)35)20-24-11-7-8-13-26(24)38-32(3,4)5/h7-17,19,28,34H,6,18,20H2,1-5H3/b29-27+. The number of rotatable bonds is 8. The van der Waals surface area contributed by atoms with Crippen LogP contribution in [0.4, 0.5) is 0 Å². The molecular formula is C32H35NO5. The van der Waals surface area contributed by atoms with E-state index in [0.29, 0.717) is 23.7 Å². The van der Waals surface area contributed by atoms with Crippen molar-refractivity contribution in [2.24, 2.45) is 0 Å². The number of carbonyl (C=O) groups is 2. The molecule has 1 N–H and O–H groups in total. The molecule has 1 heterocycles. The number of para-hydroxylation sites is 1. The Labute approximate surface area is 224 Å². The van der Waals surface area contributed by atoms with Gasteiger partial charge in [-0.25, -0.2) is 0 Å². The molecule has 4 rings (SSSR count). The molecule has 1 fully saturated rings. The lowest BCUT2D eigenvalue weighted by Crippen LogP contribution is -2.30. The Bertz CT molecular complexity index is 1350. The number of aliphatic hydroxyl groups is 1. The summed E-state index contributed by atoms with van der Waals surface area (Å²) < 4.78 is 11.8. The first-order chi connectivity index (χ1) is 18.1. The van der Waals surface area contributed by atoms with Crippen LogP contribution in [0.5, 0.6) is 11.5 Å². The van der Waals surface area contributed by atoms with Crippen LogP contribution in [0.2, 0.25) is 0 Å². The van der Waals surface area contributed by atoms with Gasteiger partial charge in [-0.05, 0) is 70.0 Å². The van der Waals surface area contributed by atoms with Crippen LogP contribution in [-0.4, -0.2) is 33.9 Å². The van der Waals surface area contributed by atoms with Crippen molar-refractivity contribution in [3.8, 4) is 11.5 Å². The lowest BCUT2D eigenvalue weighted by atomic mass is 9.94. The summed E-state index contributed by atoms with van der Waals surface area (Å²) in [6.07, 6.45) is 0.881. The lowest BCUT2D eigenvalue weighted by molar-refractivity contribution is -0.140. The molecule has 6 heteroatoms. The van der Waals surface area contributed by atoms with Crippen LogP contribution in [0.25, 0.3) is 5.76 Å². The van der Waals surface area contributed by atoms with Crippen molar-refractivity contribution < 1.29 is 24.2 Å². The molecule has 1 amide bonds. The van der Waals surface area contributed by atoms with Crippen molar-refractivity contribution in [1.29, 1.82) is 0 Å². The minimum atomic E-state index is -0.756. The van der Waals surface area contributed by atoms with E-state index in [2.05, 4.69) is 0 Å². The van der Waals surface area contributed by atoms with Crippen molar-refractivity contribution >= 4 is 17.4 Å². The van der Waals surface area contributed by atoms with Crippen molar-refractivity contribution in [2.45, 2.75) is 59.2 Å². The number of hydrogen-bond acceptors (Lipinski definition) is 5. The first-order valence-corrected chi connectivity index (χ1v) is 12.9. The predicted molar refractivity (Wildman–Crippen MR) is 148 cm³/mol. The Balaban J connectivity index is 1.79. The van der Waals surface area contributed by atoms with Gasteiger partial charge in [-0.15, -0.1) is 0 Å². The Hall–Kier alpha value is -4.06. The van der Waals surface area contributed by atoms with Crippen molar-refractivity contribution in [2.75, 3.05) is 6.61 Å². The number of Topliss-reactive ketones (excluding diaryl/α,β-unsaturated/α-hetero) is 1. The summed E-state index contributed by atoms with van der Waals surface area (Å²) in [7, 11) is 0. The number of ketones is 1. The normalized spacial score (nSPS) is 17.1. The number of carbonyl (C=O) groups excluding carboxylic acids is 2. The zero-order valence-corrected chi connectivity index (χ0v) is 22.7. The van der Waals surface area contributed by atoms with Gasteiger partial charge in [0.25, 0.3) is 11.7 Å². The first kappa shape index (κ1) is 27.0. The minimum Gasteiger partial charge on any atom is -0.507 e. The number of nitrogens with zero attached hydrogens (tertiary/aromatic N) is 1. The molecule has 3 aromatic carbocycles. The zero-order chi connectivity index (χ0) is 27.4. The average Bonchev–Trinajstić information content (AvgIpc) is 3.12. The average molecular weight is 514 g/mol. The monoisotopic (exact) mass is 513 g/mol. The molecule has 1 atom stereocenters. The molecule has 198 valence electrons. The van der Waals surface area contributed by atoms with E-state index in [9.17, 15) is 14.7 Å². The van der Waals surface area contributed by atoms with Gasteiger partial charge in [0.15, 0.2) is 0 Å². The number of aliphatic hydroxyl groups excluding tert-OH is 1. The molecule has 1 saturated heterocycles. The summed E-state index contributed by atoms with van der Waals surface area (Å²) in [4.78, 5) is 28.4. The van der Waals surface area contributed by atoms with E-state index in [-0.39, 0.29) is 17.9 Å². The van der Waals surface area contributed by atoms with Crippen molar-refractivity contribution in [1.82, 2.24) is 4.90 Å². The second-order valence-corrected chi connectivity index (χ2v) is 10.5. The molecule has 1 aliphatic rings. The maximum absolute atomic E-state index is 13.5. The SMILES string of the molecule is CCCOc1ccc(/C(O)=C2\C(=O)C(=O)N(Cc3ccccc3OC(C)(C)C)C2c2cccc(C)c2)cc1. The molecule has 0 spiro atoms. The Morgan fingerprint density at radius 3 is 2.34 bits per heavy atom. The quantitative estimate of drug-likeness (QED) is 0.209. The van der Waals surface area contributed by atoms with Gasteiger partial charge < -0.3 is 19.5 Å². The number of benzene rings is 3. The molecular weight excluding hydrogens is 478 g/mol. The molecule has 1 unspecified atom stereocenters. The summed E-state index contributed by atoms with van der Waals surface area (Å²) in [5.41, 5.74) is 2.59. The molecule has 0 aromatic heterocycles. The van der Waals surface area contributed by atoms with E-state index in [1.807, 2.05) is 83.1 Å². The number of hydrogen-bond donors (Lipinski definition) is 1. The van der Waals surface area contributed by atoms with Crippen LogP contribution in [0, 0.1) is 6.92 Å². The van der Waals surface area contributed by atoms with Gasteiger partial charge in [-0.3, -0.25) is 9.59 Å². The van der Waals surface area contributed by atoms with Gasteiger partial charge in [0.2, 0.25) is 0 Å². The Morgan fingerprint density at radius 2 is 1.68 bits per heavy atom. The van der Waals surface area contributed by atoms with Crippen LogP contribution in [0.1, 0.15) is 62.4 Å². The molecule has 6 nitrogen and oxygen atoms in total. The Morgan fingerprint density at radius 1 is 0.974 bits per heavy atom. The molecule has 1 aliphatic heterocycles. The largest absolute Gasteiger partial charge is 0.507 e. The number of ether oxygens (including phenoxy) is 2. The van der Waals surface area contributed by atoms with E-state index in [4.69, 9.17) is 9.47 Å². The first-order valence-electron chi connectivity index (χ1n) is 12.9. The van der Waals surface area contributed by atoms with Crippen LogP contribution in [0.15, 0.2) is 78.4 Å². The summed E-state index contributed by atoms with van der Waals surface area (Å²) >= 11 is 0. The van der Waals surface area contributed by atoms with E-state index in [1.165, 1.54) is 4.90 Å². The van der Waals surface area contributed by atoms with Crippen LogP contribution in [-0.2, 0) is 16.1 Å². The number of aryl methyl sites for hydroxylation is 1. The third-order valence-corrected chi connectivity index (χ3v) is 6.23. The lowest BCUT2D eigenvalue weighted by Gasteiger charge is -2.28. The Kier molecular flexibility index (Phi) is 7.91. The number of amides is 1. The summed E-state index contributed by atoms with van der Waals surface area (Å²) in [6, 6.07) is 21.3. The van der Waals surface area contributed by atoms with E-state index in [1.54, 1.807) is 24.3 Å².